The summed E-state index contributed by atoms with van der Waals surface area (Å²) < 4.78 is 0. The number of nitrogens with one attached hydrogen (secondary N) is 2. The Balaban J connectivity index is 2.38. The van der Waals surface area contributed by atoms with Gasteiger partial charge in [-0.3, -0.25) is 15.7 Å². The lowest BCUT2D eigenvalue weighted by atomic mass is 10.1. The molecule has 0 saturated heterocycles. The molecular formula is C11H11N3O. The fourth-order valence-corrected chi connectivity index (χ4v) is 1.52. The highest BCUT2D eigenvalue weighted by Gasteiger charge is 2.25. The smallest absolute Gasteiger partial charge is 0.160 e. The summed E-state index contributed by atoms with van der Waals surface area (Å²) >= 11 is 0. The van der Waals surface area contributed by atoms with Crippen LogP contribution < -0.4 is 0 Å². The molecule has 1 aromatic rings. The average molecular weight is 201 g/mol. The fourth-order valence-electron chi connectivity index (χ4n) is 1.52. The van der Waals surface area contributed by atoms with Crippen LogP contribution in [-0.4, -0.2) is 23.8 Å². The van der Waals surface area contributed by atoms with E-state index in [1.807, 2.05) is 30.3 Å². The van der Waals surface area contributed by atoms with Crippen LogP contribution in [-0.2, 0) is 4.84 Å². The number of rotatable bonds is 2. The third-order valence-corrected chi connectivity index (χ3v) is 2.23. The quantitative estimate of drug-likeness (QED) is 0.767. The lowest BCUT2D eigenvalue weighted by Gasteiger charge is -2.14. The van der Waals surface area contributed by atoms with Crippen molar-refractivity contribution in [3.63, 3.8) is 0 Å². The minimum absolute atomic E-state index is 0.182. The van der Waals surface area contributed by atoms with Crippen LogP contribution in [0.3, 0.4) is 0 Å². The predicted molar refractivity (Wildman–Crippen MR) is 58.7 cm³/mol. The molecule has 1 aliphatic rings. The average Bonchev–Trinajstić information content (AvgIpc) is 2.55. The highest BCUT2D eigenvalue weighted by molar-refractivity contribution is 6.34. The molecule has 0 radical (unpaired) electrons. The minimum Gasteiger partial charge on any atom is -0.282 e. The summed E-state index contributed by atoms with van der Waals surface area (Å²) in [5, 5.41) is 16.6. The molecule has 0 aromatic heterocycles. The second kappa shape index (κ2) is 3.67. The Morgan fingerprint density at radius 1 is 1.13 bits per heavy atom. The van der Waals surface area contributed by atoms with Gasteiger partial charge in [-0.15, -0.1) is 0 Å². The Morgan fingerprint density at radius 2 is 1.80 bits per heavy atom. The molecule has 0 bridgehead atoms. The Hall–Kier alpha value is -1.94. The number of amidine groups is 2. The Bertz CT molecular complexity index is 436. The monoisotopic (exact) mass is 201 g/mol. The molecule has 4 nitrogen and oxygen atoms in total. The molecule has 0 spiro atoms. The summed E-state index contributed by atoms with van der Waals surface area (Å²) in [5.74, 6) is 0.384. The van der Waals surface area contributed by atoms with Gasteiger partial charge in [0, 0.05) is 5.57 Å². The Morgan fingerprint density at radius 3 is 2.33 bits per heavy atom. The molecule has 0 aliphatic carbocycles. The maximum Gasteiger partial charge on any atom is 0.160 e. The normalized spacial score (nSPS) is 15.8. The predicted octanol–water partition coefficient (Wildman–Crippen LogP) is 1.90. The van der Waals surface area contributed by atoms with Crippen LogP contribution in [0.15, 0.2) is 36.4 Å². The van der Waals surface area contributed by atoms with Crippen LogP contribution in [0.5, 0.6) is 0 Å². The Labute approximate surface area is 87.8 Å². The third-order valence-electron chi connectivity index (χ3n) is 2.23. The maximum atomic E-state index is 7.82. The molecular weight excluding hydrogens is 190 g/mol. The number of hydrogen-bond acceptors (Lipinski definition) is 3. The topological polar surface area (TPSA) is 60.2 Å². The van der Waals surface area contributed by atoms with E-state index in [0.717, 1.165) is 5.56 Å². The molecule has 0 unspecified atom stereocenters. The highest BCUT2D eigenvalue weighted by Crippen LogP contribution is 2.23. The van der Waals surface area contributed by atoms with Crippen molar-refractivity contribution in [2.45, 2.75) is 0 Å². The van der Waals surface area contributed by atoms with Crippen molar-refractivity contribution in [1.82, 2.24) is 5.06 Å². The first-order valence-corrected chi connectivity index (χ1v) is 4.53. The van der Waals surface area contributed by atoms with Crippen molar-refractivity contribution in [2.24, 2.45) is 0 Å². The van der Waals surface area contributed by atoms with Crippen molar-refractivity contribution < 1.29 is 4.84 Å². The number of hydroxylamine groups is 2. The van der Waals surface area contributed by atoms with E-state index in [1.54, 1.807) is 6.08 Å². The van der Waals surface area contributed by atoms with Crippen LogP contribution in [0, 0.1) is 10.8 Å². The van der Waals surface area contributed by atoms with Gasteiger partial charge in [0.15, 0.2) is 11.7 Å². The summed E-state index contributed by atoms with van der Waals surface area (Å²) in [6.07, 6.45) is 1.63. The summed E-state index contributed by atoms with van der Waals surface area (Å²) in [7, 11) is 1.45. The van der Waals surface area contributed by atoms with Crippen LogP contribution in [0.1, 0.15) is 5.56 Å². The SMILES string of the molecule is CON1C(=N)C=C(c2ccccc2)C1=N. The van der Waals surface area contributed by atoms with E-state index in [4.69, 9.17) is 15.7 Å². The van der Waals surface area contributed by atoms with Crippen molar-refractivity contribution in [3.05, 3.63) is 42.0 Å². The Kier molecular flexibility index (Phi) is 2.35. The molecule has 0 saturated carbocycles. The molecule has 2 N–H and O–H groups in total. The molecule has 0 amide bonds. The van der Waals surface area contributed by atoms with Gasteiger partial charge in [0.05, 0.1) is 7.11 Å². The van der Waals surface area contributed by atoms with E-state index >= 15 is 0 Å². The van der Waals surface area contributed by atoms with Crippen molar-refractivity contribution in [1.29, 1.82) is 10.8 Å². The molecule has 0 fully saturated rings. The minimum atomic E-state index is 0.182. The van der Waals surface area contributed by atoms with Gasteiger partial charge in [0.25, 0.3) is 0 Å². The van der Waals surface area contributed by atoms with Crippen molar-refractivity contribution in [3.8, 4) is 0 Å². The van der Waals surface area contributed by atoms with Gasteiger partial charge >= 0.3 is 0 Å². The van der Waals surface area contributed by atoms with Gasteiger partial charge in [0.2, 0.25) is 0 Å². The largest absolute Gasteiger partial charge is 0.282 e. The van der Waals surface area contributed by atoms with Crippen molar-refractivity contribution in [2.75, 3.05) is 7.11 Å². The van der Waals surface area contributed by atoms with Crippen LogP contribution >= 0.6 is 0 Å². The number of nitrogens with zero attached hydrogens (tertiary/aromatic N) is 1. The van der Waals surface area contributed by atoms with E-state index in [-0.39, 0.29) is 11.7 Å². The first-order chi connectivity index (χ1) is 7.24. The van der Waals surface area contributed by atoms with Gasteiger partial charge < -0.3 is 0 Å². The second-order valence-electron chi connectivity index (χ2n) is 3.13. The second-order valence-corrected chi connectivity index (χ2v) is 3.13. The van der Waals surface area contributed by atoms with Crippen LogP contribution in [0.4, 0.5) is 0 Å². The summed E-state index contributed by atoms with van der Waals surface area (Å²) in [5.41, 5.74) is 1.63. The number of benzene rings is 1. The lowest BCUT2D eigenvalue weighted by molar-refractivity contribution is 0.00322. The zero-order valence-electron chi connectivity index (χ0n) is 8.32. The van der Waals surface area contributed by atoms with E-state index in [0.29, 0.717) is 5.57 Å². The van der Waals surface area contributed by atoms with E-state index < -0.39 is 0 Å². The van der Waals surface area contributed by atoms with E-state index in [2.05, 4.69) is 0 Å². The third kappa shape index (κ3) is 1.55. The fraction of sp³-hybridized carbons (Fsp3) is 0.0909. The molecule has 1 aromatic carbocycles. The number of hydrogen-bond donors (Lipinski definition) is 2. The maximum absolute atomic E-state index is 7.82. The van der Waals surface area contributed by atoms with E-state index in [9.17, 15) is 0 Å². The summed E-state index contributed by atoms with van der Waals surface area (Å²) in [6.45, 7) is 0. The summed E-state index contributed by atoms with van der Waals surface area (Å²) in [4.78, 5) is 4.92. The first kappa shape index (κ1) is 9.61. The lowest BCUT2D eigenvalue weighted by Crippen LogP contribution is -2.28. The molecule has 15 heavy (non-hydrogen) atoms. The standard InChI is InChI=1S/C11H11N3O/c1-15-14-10(12)7-9(11(14)13)8-5-3-2-4-6-8/h2-7,12-13H,1H3. The van der Waals surface area contributed by atoms with Gasteiger partial charge in [0.1, 0.15) is 0 Å². The van der Waals surface area contributed by atoms with Gasteiger partial charge in [-0.25, -0.2) is 0 Å². The zero-order valence-corrected chi connectivity index (χ0v) is 8.32. The molecule has 1 aliphatic heterocycles. The summed E-state index contributed by atoms with van der Waals surface area (Å²) in [6, 6.07) is 9.55. The molecule has 0 atom stereocenters. The highest BCUT2D eigenvalue weighted by atomic mass is 16.7. The van der Waals surface area contributed by atoms with Gasteiger partial charge in [-0.1, -0.05) is 30.3 Å². The van der Waals surface area contributed by atoms with Crippen molar-refractivity contribution >= 4 is 17.2 Å². The molecule has 4 heteroatoms. The van der Waals surface area contributed by atoms with Crippen LogP contribution in [0.2, 0.25) is 0 Å². The van der Waals surface area contributed by atoms with Gasteiger partial charge in [-0.05, 0) is 11.6 Å². The first-order valence-electron chi connectivity index (χ1n) is 4.53. The zero-order chi connectivity index (χ0) is 10.8. The molecule has 2 rings (SSSR count). The molecule has 1 heterocycles. The van der Waals surface area contributed by atoms with Gasteiger partial charge in [-0.2, -0.15) is 5.06 Å². The van der Waals surface area contributed by atoms with E-state index in [1.165, 1.54) is 12.2 Å². The molecule has 76 valence electrons. The van der Waals surface area contributed by atoms with Crippen LogP contribution in [0.25, 0.3) is 5.57 Å².